The molecule has 8 heteroatoms. The first-order valence-corrected chi connectivity index (χ1v) is 14.2. The molecule has 2 heterocycles. The molecule has 1 aliphatic carbocycles. The lowest BCUT2D eigenvalue weighted by molar-refractivity contribution is -0.134. The molecule has 7 nitrogen and oxygen atoms in total. The standard InChI is InChI=1S/C27H35N3O4S/c31-26(20-28-13-11-23(12-14-28)27(32)22-5-2-1-3-6-22)29-15-17-30(18-16-29)35(33,34)25-10-9-21-7-4-8-24(21)19-25/h1-3,5-6,9-10,19,23,27,32H,4,7-8,11-18,20H2/t27-/m1/s1. The molecular weight excluding hydrogens is 462 g/mol. The molecule has 0 unspecified atom stereocenters. The van der Waals surface area contributed by atoms with Crippen molar-refractivity contribution in [1.82, 2.24) is 14.1 Å². The second kappa shape index (κ2) is 10.4. The largest absolute Gasteiger partial charge is 0.388 e. The van der Waals surface area contributed by atoms with Crippen LogP contribution in [0.5, 0.6) is 0 Å². The van der Waals surface area contributed by atoms with Crippen LogP contribution in [0.2, 0.25) is 0 Å². The highest BCUT2D eigenvalue weighted by Gasteiger charge is 2.32. The number of fused-ring (bicyclic) bond motifs is 1. The summed E-state index contributed by atoms with van der Waals surface area (Å²) in [7, 11) is -3.54. The Kier molecular flexibility index (Phi) is 7.25. The number of piperidine rings is 1. The summed E-state index contributed by atoms with van der Waals surface area (Å²) in [4.78, 5) is 17.2. The lowest BCUT2D eigenvalue weighted by atomic mass is 9.87. The van der Waals surface area contributed by atoms with E-state index in [9.17, 15) is 18.3 Å². The number of carbonyl (C=O) groups is 1. The first-order valence-electron chi connectivity index (χ1n) is 12.8. The van der Waals surface area contributed by atoms with Crippen molar-refractivity contribution in [3.05, 3.63) is 65.2 Å². The van der Waals surface area contributed by atoms with E-state index in [0.717, 1.165) is 56.3 Å². The molecule has 188 valence electrons. The van der Waals surface area contributed by atoms with Crippen molar-refractivity contribution in [1.29, 1.82) is 0 Å². The topological polar surface area (TPSA) is 81.2 Å². The number of sulfonamides is 1. The van der Waals surface area contributed by atoms with E-state index < -0.39 is 16.1 Å². The molecule has 2 aromatic carbocycles. The van der Waals surface area contributed by atoms with Crippen LogP contribution in [-0.2, 0) is 27.7 Å². The fourth-order valence-corrected chi connectivity index (χ4v) is 7.15. The van der Waals surface area contributed by atoms with Crippen LogP contribution in [0.4, 0.5) is 0 Å². The number of nitrogens with zero attached hydrogens (tertiary/aromatic N) is 3. The highest BCUT2D eigenvalue weighted by Crippen LogP contribution is 2.31. The summed E-state index contributed by atoms with van der Waals surface area (Å²) < 4.78 is 27.8. The van der Waals surface area contributed by atoms with Gasteiger partial charge in [-0.25, -0.2) is 8.42 Å². The summed E-state index contributed by atoms with van der Waals surface area (Å²) in [6, 6.07) is 15.3. The predicted octanol–water partition coefficient (Wildman–Crippen LogP) is 2.45. The van der Waals surface area contributed by atoms with Gasteiger partial charge in [0, 0.05) is 26.2 Å². The van der Waals surface area contributed by atoms with Crippen LogP contribution < -0.4 is 0 Å². The van der Waals surface area contributed by atoms with Crippen molar-refractivity contribution in [2.75, 3.05) is 45.8 Å². The highest BCUT2D eigenvalue weighted by molar-refractivity contribution is 7.89. The number of aliphatic hydroxyl groups is 1. The summed E-state index contributed by atoms with van der Waals surface area (Å²) in [6.07, 6.45) is 4.32. The van der Waals surface area contributed by atoms with Gasteiger partial charge in [0.1, 0.15) is 0 Å². The number of aryl methyl sites for hydroxylation is 2. The van der Waals surface area contributed by atoms with Gasteiger partial charge in [0.25, 0.3) is 0 Å². The van der Waals surface area contributed by atoms with Crippen LogP contribution >= 0.6 is 0 Å². The van der Waals surface area contributed by atoms with Gasteiger partial charge in [-0.2, -0.15) is 4.31 Å². The smallest absolute Gasteiger partial charge is 0.243 e. The van der Waals surface area contributed by atoms with Crippen molar-refractivity contribution < 1.29 is 18.3 Å². The van der Waals surface area contributed by atoms with E-state index >= 15 is 0 Å². The summed E-state index contributed by atoms with van der Waals surface area (Å²) in [5, 5.41) is 10.7. The molecule has 1 N–H and O–H groups in total. The zero-order chi connectivity index (χ0) is 24.4. The van der Waals surface area contributed by atoms with Gasteiger partial charge < -0.3 is 10.0 Å². The van der Waals surface area contributed by atoms with Crippen LogP contribution in [0.25, 0.3) is 0 Å². The number of amides is 1. The number of aliphatic hydroxyl groups excluding tert-OH is 1. The molecule has 35 heavy (non-hydrogen) atoms. The number of likely N-dealkylation sites (tertiary alicyclic amines) is 1. The van der Waals surface area contributed by atoms with Gasteiger partial charge >= 0.3 is 0 Å². The van der Waals surface area contributed by atoms with Gasteiger partial charge in [-0.1, -0.05) is 36.4 Å². The summed E-state index contributed by atoms with van der Waals surface area (Å²) in [6.45, 7) is 3.43. The molecule has 2 aliphatic heterocycles. The molecular formula is C27H35N3O4S. The number of benzene rings is 2. The molecule has 0 saturated carbocycles. The molecule has 2 saturated heterocycles. The van der Waals surface area contributed by atoms with Crippen LogP contribution in [0.15, 0.2) is 53.4 Å². The average Bonchev–Trinajstić information content (AvgIpc) is 3.37. The van der Waals surface area contributed by atoms with Gasteiger partial charge in [-0.3, -0.25) is 9.69 Å². The average molecular weight is 498 g/mol. The van der Waals surface area contributed by atoms with E-state index in [4.69, 9.17) is 0 Å². The Morgan fingerprint density at radius 2 is 1.60 bits per heavy atom. The monoisotopic (exact) mass is 497 g/mol. The number of hydrogen-bond donors (Lipinski definition) is 1. The number of rotatable bonds is 6. The van der Waals surface area contributed by atoms with Crippen molar-refractivity contribution in [2.24, 2.45) is 5.92 Å². The quantitative estimate of drug-likeness (QED) is 0.663. The minimum Gasteiger partial charge on any atom is -0.388 e. The second-order valence-corrected chi connectivity index (χ2v) is 12.0. The van der Waals surface area contributed by atoms with Crippen LogP contribution in [0.1, 0.15) is 42.1 Å². The predicted molar refractivity (Wildman–Crippen MR) is 134 cm³/mol. The van der Waals surface area contributed by atoms with Gasteiger partial charge in [-0.05, 0) is 79.9 Å². The molecule has 5 rings (SSSR count). The van der Waals surface area contributed by atoms with Gasteiger partial charge in [0.05, 0.1) is 17.5 Å². The van der Waals surface area contributed by atoms with E-state index in [1.54, 1.807) is 11.0 Å². The maximum atomic E-state index is 13.2. The maximum Gasteiger partial charge on any atom is 0.243 e. The summed E-state index contributed by atoms with van der Waals surface area (Å²) in [5.41, 5.74) is 3.37. The Labute approximate surface area is 208 Å². The molecule has 3 aliphatic rings. The van der Waals surface area contributed by atoms with Gasteiger partial charge in [-0.15, -0.1) is 0 Å². The first-order chi connectivity index (χ1) is 16.9. The van der Waals surface area contributed by atoms with Crippen LogP contribution in [-0.4, -0.2) is 79.3 Å². The zero-order valence-electron chi connectivity index (χ0n) is 20.2. The van der Waals surface area contributed by atoms with Crippen LogP contribution in [0, 0.1) is 5.92 Å². The third-order valence-corrected chi connectivity index (χ3v) is 9.77. The lowest BCUT2D eigenvalue weighted by Crippen LogP contribution is -2.53. The number of carbonyl (C=O) groups excluding carboxylic acids is 1. The Morgan fingerprint density at radius 3 is 2.31 bits per heavy atom. The molecule has 0 bridgehead atoms. The first kappa shape index (κ1) is 24.4. The highest BCUT2D eigenvalue weighted by atomic mass is 32.2. The third kappa shape index (κ3) is 5.31. The summed E-state index contributed by atoms with van der Waals surface area (Å²) in [5.74, 6) is 0.262. The van der Waals surface area contributed by atoms with Crippen LogP contribution in [0.3, 0.4) is 0 Å². The van der Waals surface area contributed by atoms with E-state index in [2.05, 4.69) is 4.90 Å². The molecule has 1 amide bonds. The molecule has 0 aromatic heterocycles. The Hall–Kier alpha value is -2.26. The minimum atomic E-state index is -3.54. The molecule has 0 radical (unpaired) electrons. The molecule has 1 atom stereocenters. The summed E-state index contributed by atoms with van der Waals surface area (Å²) >= 11 is 0. The fraction of sp³-hybridized carbons (Fsp3) is 0.519. The number of hydrogen-bond acceptors (Lipinski definition) is 5. The van der Waals surface area contributed by atoms with E-state index in [-0.39, 0.29) is 11.8 Å². The normalized spacial score (nSPS) is 21.1. The SMILES string of the molecule is O=C(CN1CCC([C@H](O)c2ccccc2)CC1)N1CCN(S(=O)(=O)c2ccc3c(c2)CCC3)CC1. The molecule has 2 fully saturated rings. The van der Waals surface area contributed by atoms with Crippen molar-refractivity contribution in [3.63, 3.8) is 0 Å². The second-order valence-electron chi connectivity index (χ2n) is 10.0. The molecule has 0 spiro atoms. The minimum absolute atomic E-state index is 0.0571. The van der Waals surface area contributed by atoms with E-state index in [1.165, 1.54) is 9.87 Å². The Morgan fingerprint density at radius 1 is 0.914 bits per heavy atom. The van der Waals surface area contributed by atoms with Crippen molar-refractivity contribution in [2.45, 2.75) is 43.1 Å². The van der Waals surface area contributed by atoms with E-state index in [0.29, 0.717) is 37.6 Å². The third-order valence-electron chi connectivity index (χ3n) is 7.88. The van der Waals surface area contributed by atoms with Crippen molar-refractivity contribution in [3.8, 4) is 0 Å². The fourth-order valence-electron chi connectivity index (χ4n) is 5.68. The zero-order valence-corrected chi connectivity index (χ0v) is 21.0. The van der Waals surface area contributed by atoms with Gasteiger partial charge in [0.2, 0.25) is 15.9 Å². The Bertz CT molecular complexity index is 1140. The van der Waals surface area contributed by atoms with E-state index in [1.807, 2.05) is 42.5 Å². The van der Waals surface area contributed by atoms with Gasteiger partial charge in [0.15, 0.2) is 0 Å². The number of piperazine rings is 1. The lowest BCUT2D eigenvalue weighted by Gasteiger charge is -2.37. The molecule has 2 aromatic rings. The Balaban J connectivity index is 1.10. The maximum absolute atomic E-state index is 13.2. The van der Waals surface area contributed by atoms with Crippen molar-refractivity contribution >= 4 is 15.9 Å².